The van der Waals surface area contributed by atoms with Crippen molar-refractivity contribution in [2.75, 3.05) is 12.4 Å². The number of nitrogens with zero attached hydrogens (tertiary/aromatic N) is 1. The number of thiophene rings is 1. The van der Waals surface area contributed by atoms with E-state index in [1.807, 2.05) is 24.3 Å². The molecule has 0 fully saturated rings. The van der Waals surface area contributed by atoms with E-state index in [2.05, 4.69) is 27.1 Å². The van der Waals surface area contributed by atoms with E-state index >= 15 is 0 Å². The summed E-state index contributed by atoms with van der Waals surface area (Å²) in [5, 5.41) is 17.9. The van der Waals surface area contributed by atoms with E-state index < -0.39 is 0 Å². The molecule has 0 spiro atoms. The Morgan fingerprint density at radius 1 is 1.27 bits per heavy atom. The fourth-order valence-corrected chi connectivity index (χ4v) is 3.74. The molecular weight excluding hydrogens is 316 g/mol. The zero-order valence-corrected chi connectivity index (χ0v) is 13.7. The number of aliphatic hydroxyl groups is 1. The Hall–Kier alpha value is -1.89. The van der Waals surface area contributed by atoms with Crippen molar-refractivity contribution in [3.8, 4) is 15.6 Å². The molecule has 4 nitrogen and oxygen atoms in total. The van der Waals surface area contributed by atoms with Gasteiger partial charge in [0.25, 0.3) is 0 Å². The largest absolute Gasteiger partial charge is 0.496 e. The van der Waals surface area contributed by atoms with Crippen LogP contribution in [-0.4, -0.2) is 17.2 Å². The van der Waals surface area contributed by atoms with Gasteiger partial charge in [-0.15, -0.1) is 22.7 Å². The van der Waals surface area contributed by atoms with Gasteiger partial charge in [-0.25, -0.2) is 4.98 Å². The summed E-state index contributed by atoms with van der Waals surface area (Å²) in [4.78, 5) is 5.83. The smallest absolute Gasteiger partial charge is 0.133 e. The molecule has 0 saturated heterocycles. The number of thiazole rings is 1. The number of anilines is 1. The number of ether oxygens (including phenoxy) is 1. The number of hydrogen-bond acceptors (Lipinski definition) is 6. The van der Waals surface area contributed by atoms with Crippen LogP contribution in [-0.2, 0) is 13.2 Å². The molecule has 0 amide bonds. The fourth-order valence-electron chi connectivity index (χ4n) is 2.11. The molecule has 0 aliphatic rings. The van der Waals surface area contributed by atoms with Crippen molar-refractivity contribution in [2.45, 2.75) is 13.2 Å². The van der Waals surface area contributed by atoms with Gasteiger partial charge in [-0.3, -0.25) is 0 Å². The first-order valence-corrected chi connectivity index (χ1v) is 8.56. The first-order valence-electron chi connectivity index (χ1n) is 6.80. The molecule has 0 atom stereocenters. The van der Waals surface area contributed by atoms with Gasteiger partial charge in [0.2, 0.25) is 0 Å². The van der Waals surface area contributed by atoms with Gasteiger partial charge in [-0.1, -0.05) is 6.07 Å². The van der Waals surface area contributed by atoms with Crippen molar-refractivity contribution in [3.05, 3.63) is 52.3 Å². The van der Waals surface area contributed by atoms with E-state index in [0.717, 1.165) is 22.0 Å². The number of aliphatic hydroxyl groups excluding tert-OH is 1. The third kappa shape index (κ3) is 3.30. The van der Waals surface area contributed by atoms with Crippen molar-refractivity contribution in [1.29, 1.82) is 0 Å². The van der Waals surface area contributed by atoms with Crippen molar-refractivity contribution in [3.63, 3.8) is 0 Å². The van der Waals surface area contributed by atoms with Crippen LogP contribution in [0.2, 0.25) is 0 Å². The zero-order valence-electron chi connectivity index (χ0n) is 12.1. The topological polar surface area (TPSA) is 54.4 Å². The molecule has 0 bridgehead atoms. The average Bonchev–Trinajstić information content (AvgIpc) is 3.23. The maximum atomic E-state index is 9.35. The van der Waals surface area contributed by atoms with Crippen molar-refractivity contribution in [1.82, 2.24) is 4.98 Å². The third-order valence-corrected chi connectivity index (χ3v) is 5.14. The monoisotopic (exact) mass is 332 g/mol. The summed E-state index contributed by atoms with van der Waals surface area (Å²) in [5.41, 5.74) is 2.72. The summed E-state index contributed by atoms with van der Waals surface area (Å²) in [6.07, 6.45) is 0. The Labute approximate surface area is 137 Å². The maximum Gasteiger partial charge on any atom is 0.133 e. The van der Waals surface area contributed by atoms with Crippen LogP contribution in [0.4, 0.5) is 5.69 Å². The number of hydrogen-bond donors (Lipinski definition) is 2. The quantitative estimate of drug-likeness (QED) is 0.717. The highest BCUT2D eigenvalue weighted by Crippen LogP contribution is 2.28. The van der Waals surface area contributed by atoms with Gasteiger partial charge in [0.1, 0.15) is 10.8 Å². The van der Waals surface area contributed by atoms with Crippen LogP contribution >= 0.6 is 22.7 Å². The second-order valence-corrected chi connectivity index (χ2v) is 6.47. The molecule has 0 unspecified atom stereocenters. The minimum Gasteiger partial charge on any atom is -0.496 e. The van der Waals surface area contributed by atoms with Crippen LogP contribution < -0.4 is 10.1 Å². The Morgan fingerprint density at radius 3 is 2.91 bits per heavy atom. The van der Waals surface area contributed by atoms with Gasteiger partial charge in [-0.05, 0) is 29.6 Å². The Kier molecular flexibility index (Phi) is 4.72. The number of benzene rings is 1. The number of rotatable bonds is 6. The van der Waals surface area contributed by atoms with E-state index in [0.29, 0.717) is 12.3 Å². The lowest BCUT2D eigenvalue weighted by Gasteiger charge is -2.10. The molecule has 114 valence electrons. The molecule has 3 aromatic rings. The molecule has 3 rings (SSSR count). The predicted octanol–water partition coefficient (Wildman–Crippen LogP) is 3.98. The minimum absolute atomic E-state index is 0.0437. The molecule has 2 N–H and O–H groups in total. The second kappa shape index (κ2) is 6.91. The number of aromatic nitrogens is 1. The second-order valence-electron chi connectivity index (χ2n) is 4.66. The molecule has 6 heteroatoms. The molecule has 22 heavy (non-hydrogen) atoms. The molecular formula is C16H16N2O2S2. The summed E-state index contributed by atoms with van der Waals surface area (Å²) in [7, 11) is 1.60. The molecule has 0 saturated carbocycles. The Balaban J connectivity index is 1.68. The van der Waals surface area contributed by atoms with E-state index in [4.69, 9.17) is 4.74 Å². The molecule has 0 aliphatic heterocycles. The van der Waals surface area contributed by atoms with Crippen LogP contribution in [0.15, 0.2) is 41.1 Å². The molecule has 0 radical (unpaired) electrons. The highest BCUT2D eigenvalue weighted by molar-refractivity contribution is 7.20. The van der Waals surface area contributed by atoms with E-state index in [-0.39, 0.29) is 6.61 Å². The van der Waals surface area contributed by atoms with Gasteiger partial charge >= 0.3 is 0 Å². The lowest BCUT2D eigenvalue weighted by atomic mass is 10.2. The molecule has 2 heterocycles. The van der Waals surface area contributed by atoms with Crippen molar-refractivity contribution in [2.24, 2.45) is 0 Å². The fraction of sp³-hybridized carbons (Fsp3) is 0.188. The first kappa shape index (κ1) is 15.0. The number of nitrogens with one attached hydrogen (secondary N) is 1. The molecule has 0 aliphatic carbocycles. The van der Waals surface area contributed by atoms with Crippen molar-refractivity contribution >= 4 is 28.4 Å². The Morgan fingerprint density at radius 2 is 2.18 bits per heavy atom. The van der Waals surface area contributed by atoms with E-state index in [1.54, 1.807) is 29.8 Å². The van der Waals surface area contributed by atoms with Gasteiger partial charge < -0.3 is 15.2 Å². The predicted molar refractivity (Wildman–Crippen MR) is 91.7 cm³/mol. The summed E-state index contributed by atoms with van der Waals surface area (Å²) < 4.78 is 5.20. The van der Waals surface area contributed by atoms with Crippen LogP contribution in [0.5, 0.6) is 5.75 Å². The van der Waals surface area contributed by atoms with Crippen molar-refractivity contribution < 1.29 is 9.84 Å². The van der Waals surface area contributed by atoms with Gasteiger partial charge in [0.05, 0.1) is 30.8 Å². The minimum atomic E-state index is -0.0437. The third-order valence-electron chi connectivity index (χ3n) is 3.21. The highest BCUT2D eigenvalue weighted by atomic mass is 32.1. The summed E-state index contributed by atoms with van der Waals surface area (Å²) in [5.74, 6) is 0.696. The van der Waals surface area contributed by atoms with Gasteiger partial charge in [-0.2, -0.15) is 0 Å². The lowest BCUT2D eigenvalue weighted by Crippen LogP contribution is -2.01. The van der Waals surface area contributed by atoms with Gasteiger partial charge in [0, 0.05) is 16.6 Å². The summed E-state index contributed by atoms with van der Waals surface area (Å²) >= 11 is 3.35. The highest BCUT2D eigenvalue weighted by Gasteiger charge is 2.07. The maximum absolute atomic E-state index is 9.35. The average molecular weight is 332 g/mol. The number of methoxy groups -OCH3 is 1. The van der Waals surface area contributed by atoms with Crippen LogP contribution in [0, 0.1) is 0 Å². The summed E-state index contributed by atoms with van der Waals surface area (Å²) in [6, 6.07) is 9.80. The van der Waals surface area contributed by atoms with E-state index in [1.165, 1.54) is 4.88 Å². The summed E-state index contributed by atoms with van der Waals surface area (Å²) in [6.45, 7) is 0.608. The van der Waals surface area contributed by atoms with Crippen LogP contribution in [0.1, 0.15) is 11.3 Å². The zero-order chi connectivity index (χ0) is 15.4. The molecule has 2 aromatic heterocycles. The standard InChI is InChI=1S/C16H16N2O2S2/c1-20-14-5-4-12(7-11(14)9-19)17-8-13-10-22-16(18-13)15-3-2-6-21-15/h2-7,10,17,19H,8-9H2,1H3. The van der Waals surface area contributed by atoms with Gasteiger partial charge in [0.15, 0.2) is 0 Å². The first-order chi connectivity index (χ1) is 10.8. The van der Waals surface area contributed by atoms with E-state index in [9.17, 15) is 5.11 Å². The van der Waals surface area contributed by atoms with Crippen LogP contribution in [0.3, 0.4) is 0 Å². The molecule has 1 aromatic carbocycles. The lowest BCUT2D eigenvalue weighted by molar-refractivity contribution is 0.274. The normalized spacial score (nSPS) is 10.6. The van der Waals surface area contributed by atoms with Crippen LogP contribution in [0.25, 0.3) is 9.88 Å². The SMILES string of the molecule is COc1ccc(NCc2csc(-c3cccs3)n2)cc1CO. The Bertz CT molecular complexity index is 738.